The number of carbonyl (C=O) groups is 1. The number of carbonyl (C=O) groups excluding carboxylic acids is 1. The Morgan fingerprint density at radius 1 is 0.831 bits per heavy atom. The van der Waals surface area contributed by atoms with Crippen LogP contribution in [0.5, 0.6) is 5.75 Å². The summed E-state index contributed by atoms with van der Waals surface area (Å²) < 4.78 is 75.0. The molecular formula is C50H79N3O14SeSi3. The molecule has 17 nitrogen and oxygen atoms in total. The van der Waals surface area contributed by atoms with E-state index in [0.29, 0.717) is 12.4 Å². The zero-order chi connectivity index (χ0) is 52.7. The van der Waals surface area contributed by atoms with E-state index < -0.39 is 105 Å². The molecule has 9 atom stereocenters. The Bertz CT molecular complexity index is 2340. The Hall–Kier alpha value is -3.26. The molecule has 0 bridgehead atoms. The monoisotopic (exact) mass is 1110 g/mol. The number of rotatable bonds is 23. The number of hydrogen-bond acceptors (Lipinski definition) is 14. The van der Waals surface area contributed by atoms with Gasteiger partial charge >= 0.3 is 413 Å². The van der Waals surface area contributed by atoms with Gasteiger partial charge in [0.25, 0.3) is 0 Å². The zero-order valence-corrected chi connectivity index (χ0v) is 49.3. The average molecular weight is 1110 g/mol. The number of nitrogens with zero attached hydrogens (tertiary/aromatic N) is 2. The molecule has 1 aromatic heterocycles. The molecule has 1 amide bonds. The summed E-state index contributed by atoms with van der Waals surface area (Å²) in [5.41, 5.74) is -0.277. The Kier molecular flexibility index (Phi) is 20.1. The third kappa shape index (κ3) is 15.0. The van der Waals surface area contributed by atoms with Crippen molar-refractivity contribution in [1.82, 2.24) is 14.5 Å². The van der Waals surface area contributed by atoms with Crippen LogP contribution in [0.1, 0.15) is 60.3 Å². The zero-order valence-electron chi connectivity index (χ0n) is 44.6. The van der Waals surface area contributed by atoms with Crippen LogP contribution in [0.3, 0.4) is 0 Å². The van der Waals surface area contributed by atoms with Crippen molar-refractivity contribution in [3.8, 4) is 5.75 Å². The van der Waals surface area contributed by atoms with E-state index in [2.05, 4.69) is 91.8 Å². The van der Waals surface area contributed by atoms with Gasteiger partial charge in [-0.25, -0.2) is 0 Å². The minimum absolute atomic E-state index is 0.0182. The fourth-order valence-corrected chi connectivity index (χ4v) is 15.6. The predicted octanol–water partition coefficient (Wildman–Crippen LogP) is 6.23. The molecule has 2 aliphatic heterocycles. The van der Waals surface area contributed by atoms with Crippen molar-refractivity contribution >= 4 is 50.5 Å². The first-order valence-electron chi connectivity index (χ1n) is 24.0. The molecule has 0 saturated carbocycles. The molecule has 0 aliphatic carbocycles. The Labute approximate surface area is 429 Å². The fourth-order valence-electron chi connectivity index (χ4n) is 7.64. The molecule has 2 aliphatic rings. The molecule has 5 rings (SSSR count). The summed E-state index contributed by atoms with van der Waals surface area (Å²) >= 11 is -0.464. The molecule has 21 heteroatoms. The Balaban J connectivity index is 1.67. The number of hydrogen-bond donors (Lipinski definition) is 1. The summed E-state index contributed by atoms with van der Waals surface area (Å²) in [6.07, 6.45) is -4.74. The van der Waals surface area contributed by atoms with Gasteiger partial charge in [0.15, 0.2) is 0 Å². The molecule has 0 spiro atoms. The van der Waals surface area contributed by atoms with Crippen LogP contribution in [0.25, 0.3) is 0 Å². The molecule has 1 unspecified atom stereocenters. The van der Waals surface area contributed by atoms with Gasteiger partial charge in [-0.05, 0) is 0 Å². The van der Waals surface area contributed by atoms with Crippen molar-refractivity contribution in [3.63, 3.8) is 0 Å². The Morgan fingerprint density at radius 2 is 1.45 bits per heavy atom. The standard InChI is InChI=1S/C50H79N3O14SeSi3/c1-33-40(41(61-32-60-30-29-57-9)39(51-34(2)54)46(59-11)62-33)66-71(16,17)67-47(68-37-21-19-18-20-22-37)44-42(64-69(12,13)49(3,4)5)43(65-70(14,15)50(6,7)8)45(63-44)52-28-27-38(55)53(48(52)56)31-35-23-25-36(58-10)26-24-35/h18-28,39-47H,1,29-32H2,2-17H3,(H,51,54)/t39-,40+,41-,42+,43-,44+,45-,46+,47?/m1/s1. The van der Waals surface area contributed by atoms with Gasteiger partial charge in [-0.15, -0.1) is 0 Å². The van der Waals surface area contributed by atoms with Crippen LogP contribution in [0.2, 0.25) is 49.4 Å². The summed E-state index contributed by atoms with van der Waals surface area (Å²) in [5, 5.41) is 1.73. The van der Waals surface area contributed by atoms with E-state index >= 15 is 0 Å². The van der Waals surface area contributed by atoms with E-state index in [1.54, 1.807) is 26.4 Å². The van der Waals surface area contributed by atoms with Gasteiger partial charge < -0.3 is 4.74 Å². The van der Waals surface area contributed by atoms with Crippen LogP contribution in [-0.2, 0) is 57.5 Å². The average Bonchev–Trinajstić information content (AvgIpc) is 3.61. The molecule has 71 heavy (non-hydrogen) atoms. The molecule has 2 saturated heterocycles. The van der Waals surface area contributed by atoms with Crippen molar-refractivity contribution in [2.24, 2.45) is 0 Å². The molecular weight excluding hydrogens is 1030 g/mol. The topological polar surface area (TPSA) is 175 Å². The van der Waals surface area contributed by atoms with Crippen LogP contribution >= 0.6 is 0 Å². The first-order chi connectivity index (χ1) is 33.1. The van der Waals surface area contributed by atoms with E-state index in [-0.39, 0.29) is 41.7 Å². The van der Waals surface area contributed by atoms with Crippen LogP contribution in [0.4, 0.5) is 0 Å². The van der Waals surface area contributed by atoms with Crippen LogP contribution < -0.4 is 25.8 Å². The van der Waals surface area contributed by atoms with Crippen molar-refractivity contribution < 1.29 is 55.7 Å². The van der Waals surface area contributed by atoms with Gasteiger partial charge in [0.1, 0.15) is 0 Å². The van der Waals surface area contributed by atoms with Crippen LogP contribution in [0.15, 0.2) is 88.8 Å². The summed E-state index contributed by atoms with van der Waals surface area (Å²) in [6.45, 7) is 31.7. The van der Waals surface area contributed by atoms with Crippen molar-refractivity contribution in [3.05, 3.63) is 106 Å². The van der Waals surface area contributed by atoms with Crippen molar-refractivity contribution in [2.75, 3.05) is 41.3 Å². The molecule has 0 radical (unpaired) electrons. The van der Waals surface area contributed by atoms with E-state index in [9.17, 15) is 14.4 Å². The number of methoxy groups -OCH3 is 3. The number of amides is 1. The van der Waals surface area contributed by atoms with Crippen molar-refractivity contribution in [2.45, 2.75) is 158 Å². The van der Waals surface area contributed by atoms with E-state index in [0.717, 1.165) is 10.0 Å². The molecule has 2 fully saturated rings. The third-order valence-electron chi connectivity index (χ3n) is 13.6. The van der Waals surface area contributed by atoms with Gasteiger partial charge in [0.05, 0.1) is 7.11 Å². The second kappa shape index (κ2) is 24.4. The van der Waals surface area contributed by atoms with E-state index in [1.807, 2.05) is 43.4 Å². The second-order valence-corrected chi connectivity index (χ2v) is 36.6. The van der Waals surface area contributed by atoms with Gasteiger partial charge in [-0.2, -0.15) is 0 Å². The molecule has 3 aromatic rings. The van der Waals surface area contributed by atoms with E-state index in [4.69, 9.17) is 50.9 Å². The normalized spacial score (nSPS) is 23.9. The fraction of sp³-hybridized carbons (Fsp3) is 0.620. The first kappa shape index (κ1) is 58.6. The van der Waals surface area contributed by atoms with Gasteiger partial charge in [-0.3, -0.25) is 0 Å². The summed E-state index contributed by atoms with van der Waals surface area (Å²) in [7, 11) is -4.15. The summed E-state index contributed by atoms with van der Waals surface area (Å²) in [6, 6.07) is 17.9. The third-order valence-corrected chi connectivity index (χ3v) is 26.9. The first-order valence-corrected chi connectivity index (χ1v) is 34.5. The number of benzene rings is 2. The maximum atomic E-state index is 14.9. The van der Waals surface area contributed by atoms with Gasteiger partial charge in [0.2, 0.25) is 0 Å². The van der Waals surface area contributed by atoms with Crippen LogP contribution in [-0.4, -0.2) is 144 Å². The van der Waals surface area contributed by atoms with Crippen LogP contribution in [0, 0.1) is 0 Å². The number of nitrogens with one attached hydrogen (secondary N) is 1. The predicted molar refractivity (Wildman–Crippen MR) is 280 cm³/mol. The minimum atomic E-state index is -3.42. The Morgan fingerprint density at radius 3 is 2.01 bits per heavy atom. The quantitative estimate of drug-likeness (QED) is 0.0643. The molecule has 3 heterocycles. The number of aromatic nitrogens is 2. The van der Waals surface area contributed by atoms with Gasteiger partial charge in [0, 0.05) is 7.11 Å². The summed E-state index contributed by atoms with van der Waals surface area (Å²) in [4.78, 5) is 41.2. The van der Waals surface area contributed by atoms with E-state index in [1.165, 1.54) is 35.4 Å². The maximum absolute atomic E-state index is 14.9. The number of ether oxygens (including phenoxy) is 7. The van der Waals surface area contributed by atoms with Gasteiger partial charge in [-0.1, -0.05) is 0 Å². The summed E-state index contributed by atoms with van der Waals surface area (Å²) in [5.74, 6) is 0.547. The second-order valence-electron chi connectivity index (χ2n) is 21.4. The SMILES string of the molecule is C=C1O[C@H](OC)[C@H](NC(C)=O)[C@@H](OCOCCOC)[C@H]1O[Si](C)(C)OC([Se]c1ccccc1)[C@H]1O[C@@H](n2ccc(=O)n(Cc3ccc(OC)cc3)c2=O)[C@H](O[Si](C)(C)C(C)(C)C)[C@@H]1O[Si](C)(C)C(C)(C)C. The molecule has 396 valence electrons. The molecule has 1 N–H and O–H groups in total. The molecule has 2 aromatic carbocycles. The van der Waals surface area contributed by atoms with Crippen molar-refractivity contribution in [1.29, 1.82) is 0 Å².